The zero-order chi connectivity index (χ0) is 21.4. The van der Waals surface area contributed by atoms with Crippen molar-refractivity contribution in [2.45, 2.75) is 83.1 Å². The molecule has 6 rings (SSSR count). The molecule has 0 aliphatic heterocycles. The SMILES string of the molecule is NC(=O)N(CCC12CC3CC(CC(C3)C1)C2)c1cccc(C(=O)NC2CCCCC2)c1. The van der Waals surface area contributed by atoms with Crippen LogP contribution in [0.5, 0.6) is 0 Å². The molecule has 3 N–H and O–H groups in total. The van der Waals surface area contributed by atoms with Gasteiger partial charge < -0.3 is 11.1 Å². The van der Waals surface area contributed by atoms with E-state index in [0.29, 0.717) is 17.5 Å². The maximum atomic E-state index is 12.8. The van der Waals surface area contributed by atoms with Crippen LogP contribution in [-0.4, -0.2) is 24.5 Å². The van der Waals surface area contributed by atoms with Crippen LogP contribution in [0.1, 0.15) is 87.4 Å². The van der Waals surface area contributed by atoms with Crippen LogP contribution in [0.3, 0.4) is 0 Å². The maximum absolute atomic E-state index is 12.8. The van der Waals surface area contributed by atoms with E-state index in [9.17, 15) is 9.59 Å². The van der Waals surface area contributed by atoms with Gasteiger partial charge in [0.05, 0.1) is 0 Å². The Morgan fingerprint density at radius 1 is 1.00 bits per heavy atom. The van der Waals surface area contributed by atoms with E-state index in [0.717, 1.165) is 42.7 Å². The second-order valence-corrected chi connectivity index (χ2v) is 11.0. The third-order valence-corrected chi connectivity index (χ3v) is 8.66. The molecule has 5 aliphatic rings. The van der Waals surface area contributed by atoms with Crippen LogP contribution < -0.4 is 16.0 Å². The molecule has 168 valence electrons. The van der Waals surface area contributed by atoms with Crippen LogP contribution in [0.2, 0.25) is 0 Å². The molecular weight excluding hydrogens is 386 g/mol. The lowest BCUT2D eigenvalue weighted by Gasteiger charge is -2.57. The number of nitrogens with one attached hydrogen (secondary N) is 1. The molecule has 5 fully saturated rings. The number of rotatable bonds is 6. The Bertz CT molecular complexity index is 794. The fourth-order valence-electron chi connectivity index (χ4n) is 7.64. The molecule has 0 atom stereocenters. The van der Waals surface area contributed by atoms with Gasteiger partial charge in [0.15, 0.2) is 0 Å². The monoisotopic (exact) mass is 423 g/mol. The van der Waals surface area contributed by atoms with Crippen LogP contribution in [0.4, 0.5) is 10.5 Å². The molecule has 5 heteroatoms. The van der Waals surface area contributed by atoms with Gasteiger partial charge in [-0.05, 0) is 99.2 Å². The summed E-state index contributed by atoms with van der Waals surface area (Å²) in [6.07, 6.45) is 15.0. The van der Waals surface area contributed by atoms with E-state index in [1.165, 1.54) is 57.8 Å². The number of nitrogens with zero attached hydrogens (tertiary/aromatic N) is 1. The number of carbonyl (C=O) groups is 2. The zero-order valence-corrected chi connectivity index (χ0v) is 18.7. The minimum absolute atomic E-state index is 0.0424. The minimum atomic E-state index is -0.422. The Morgan fingerprint density at radius 2 is 1.65 bits per heavy atom. The summed E-state index contributed by atoms with van der Waals surface area (Å²) >= 11 is 0. The van der Waals surface area contributed by atoms with Crippen molar-refractivity contribution in [1.29, 1.82) is 0 Å². The van der Waals surface area contributed by atoms with Gasteiger partial charge in [-0.3, -0.25) is 9.69 Å². The average Bonchev–Trinajstić information content (AvgIpc) is 2.73. The quantitative estimate of drug-likeness (QED) is 0.656. The summed E-state index contributed by atoms with van der Waals surface area (Å²) in [6.45, 7) is 0.648. The first kappa shape index (κ1) is 20.8. The van der Waals surface area contributed by atoms with Gasteiger partial charge in [0.2, 0.25) is 0 Å². The predicted molar refractivity (Wildman–Crippen MR) is 123 cm³/mol. The van der Waals surface area contributed by atoms with Gasteiger partial charge in [-0.25, -0.2) is 4.79 Å². The van der Waals surface area contributed by atoms with Crippen molar-refractivity contribution in [2.75, 3.05) is 11.4 Å². The van der Waals surface area contributed by atoms with Crippen LogP contribution in [-0.2, 0) is 0 Å². The first-order valence-corrected chi connectivity index (χ1v) is 12.5. The normalized spacial score (nSPS) is 32.1. The highest BCUT2D eigenvalue weighted by Crippen LogP contribution is 2.61. The van der Waals surface area contributed by atoms with Gasteiger partial charge >= 0.3 is 6.03 Å². The van der Waals surface area contributed by atoms with Crippen molar-refractivity contribution in [2.24, 2.45) is 28.9 Å². The van der Waals surface area contributed by atoms with E-state index in [-0.39, 0.29) is 11.9 Å². The highest BCUT2D eigenvalue weighted by molar-refractivity contribution is 5.97. The van der Waals surface area contributed by atoms with Crippen molar-refractivity contribution < 1.29 is 9.59 Å². The minimum Gasteiger partial charge on any atom is -0.351 e. The van der Waals surface area contributed by atoms with E-state index < -0.39 is 6.03 Å². The highest BCUT2D eigenvalue weighted by atomic mass is 16.2. The van der Waals surface area contributed by atoms with E-state index in [2.05, 4.69) is 5.32 Å². The molecule has 5 nitrogen and oxygen atoms in total. The molecule has 0 saturated heterocycles. The van der Waals surface area contributed by atoms with Crippen molar-refractivity contribution in [1.82, 2.24) is 5.32 Å². The Morgan fingerprint density at radius 3 is 2.26 bits per heavy atom. The number of benzene rings is 1. The fraction of sp³-hybridized carbons (Fsp3) is 0.692. The van der Waals surface area contributed by atoms with Crippen LogP contribution in [0.15, 0.2) is 24.3 Å². The van der Waals surface area contributed by atoms with Gasteiger partial charge in [-0.1, -0.05) is 25.3 Å². The molecule has 1 aromatic carbocycles. The maximum Gasteiger partial charge on any atom is 0.319 e. The molecule has 5 aliphatic carbocycles. The van der Waals surface area contributed by atoms with Crippen molar-refractivity contribution in [3.8, 4) is 0 Å². The summed E-state index contributed by atoms with van der Waals surface area (Å²) in [7, 11) is 0. The third kappa shape index (κ3) is 4.47. The average molecular weight is 424 g/mol. The van der Waals surface area contributed by atoms with Crippen molar-refractivity contribution in [3.63, 3.8) is 0 Å². The molecule has 0 unspecified atom stereocenters. The molecule has 31 heavy (non-hydrogen) atoms. The van der Waals surface area contributed by atoms with E-state index in [4.69, 9.17) is 5.73 Å². The van der Waals surface area contributed by atoms with E-state index in [1.54, 1.807) is 4.90 Å². The van der Waals surface area contributed by atoms with E-state index in [1.807, 2.05) is 24.3 Å². The molecular formula is C26H37N3O2. The number of carbonyl (C=O) groups excluding carboxylic acids is 2. The number of nitrogens with two attached hydrogens (primary N) is 1. The van der Waals surface area contributed by atoms with Crippen molar-refractivity contribution in [3.05, 3.63) is 29.8 Å². The summed E-state index contributed by atoms with van der Waals surface area (Å²) in [4.78, 5) is 26.9. The third-order valence-electron chi connectivity index (χ3n) is 8.66. The summed E-state index contributed by atoms with van der Waals surface area (Å²) in [5.74, 6) is 2.67. The summed E-state index contributed by atoms with van der Waals surface area (Å²) in [5.41, 5.74) is 7.57. The summed E-state index contributed by atoms with van der Waals surface area (Å²) in [5, 5.41) is 3.18. The first-order chi connectivity index (χ1) is 15.0. The molecule has 4 bridgehead atoms. The number of anilines is 1. The van der Waals surface area contributed by atoms with E-state index >= 15 is 0 Å². The van der Waals surface area contributed by atoms with Gasteiger partial charge in [0.25, 0.3) is 5.91 Å². The Labute approximate surface area is 186 Å². The van der Waals surface area contributed by atoms with Gasteiger partial charge in [0.1, 0.15) is 0 Å². The van der Waals surface area contributed by atoms with Gasteiger partial charge in [0, 0.05) is 23.8 Å². The van der Waals surface area contributed by atoms with Crippen LogP contribution in [0, 0.1) is 23.2 Å². The number of hydrogen-bond acceptors (Lipinski definition) is 2. The highest BCUT2D eigenvalue weighted by Gasteiger charge is 2.50. The topological polar surface area (TPSA) is 75.4 Å². The Kier molecular flexibility index (Phi) is 5.70. The molecule has 3 amide bonds. The van der Waals surface area contributed by atoms with Crippen LogP contribution in [0.25, 0.3) is 0 Å². The van der Waals surface area contributed by atoms with Gasteiger partial charge in [-0.2, -0.15) is 0 Å². The van der Waals surface area contributed by atoms with Gasteiger partial charge in [-0.15, -0.1) is 0 Å². The number of primary amides is 1. The molecule has 0 heterocycles. The molecule has 0 spiro atoms. The zero-order valence-electron chi connectivity index (χ0n) is 18.7. The predicted octanol–water partition coefficient (Wildman–Crippen LogP) is 5.24. The molecule has 0 aromatic heterocycles. The standard InChI is InChI=1S/C26H37N3O2/c27-25(31)29(10-9-26-15-18-11-19(16-26)13-20(12-18)17-26)23-8-4-5-21(14-23)24(30)28-22-6-2-1-3-7-22/h4-5,8,14,18-20,22H,1-3,6-7,9-13,15-17H2,(H2,27,31)(H,28,30). The summed E-state index contributed by atoms with van der Waals surface area (Å²) < 4.78 is 0. The smallest absolute Gasteiger partial charge is 0.319 e. The second kappa shape index (κ2) is 8.48. The second-order valence-electron chi connectivity index (χ2n) is 11.0. The van der Waals surface area contributed by atoms with Crippen molar-refractivity contribution >= 4 is 17.6 Å². The Hall–Kier alpha value is -2.04. The lowest BCUT2D eigenvalue weighted by Crippen LogP contribution is -2.48. The lowest BCUT2D eigenvalue weighted by atomic mass is 9.49. The van der Waals surface area contributed by atoms with Crippen LogP contribution >= 0.6 is 0 Å². The molecule has 1 aromatic rings. The fourth-order valence-corrected chi connectivity index (χ4v) is 7.64. The molecule has 5 saturated carbocycles. The lowest BCUT2D eigenvalue weighted by molar-refractivity contribution is -0.0557. The number of urea groups is 1. The number of hydrogen-bond donors (Lipinski definition) is 2. The largest absolute Gasteiger partial charge is 0.351 e. The first-order valence-electron chi connectivity index (χ1n) is 12.5. The summed E-state index contributed by atoms with van der Waals surface area (Å²) in [6, 6.07) is 7.29. The Balaban J connectivity index is 1.26. The molecule has 0 radical (unpaired) electrons. The number of amides is 3.